The zero-order valence-electron chi connectivity index (χ0n) is 13.9. The standard InChI is InChI=1S/C18H14Br2N2O4/c1-10(23)22-18(12-4-3-5-13(19)8-12)26-17(21-22)15-9-14(20)6-7-16(15)25-11(2)24/h3-9,18H,1-2H3/t18-/m0/s1. The fraction of sp³-hybridized carbons (Fsp3) is 0.167. The second-order valence-corrected chi connectivity index (χ2v) is 7.36. The molecule has 3 rings (SSSR count). The van der Waals surface area contributed by atoms with Crippen LogP contribution in [0.4, 0.5) is 0 Å². The van der Waals surface area contributed by atoms with E-state index in [1.807, 2.05) is 24.3 Å². The number of hydrazone groups is 1. The van der Waals surface area contributed by atoms with E-state index >= 15 is 0 Å². The van der Waals surface area contributed by atoms with Crippen LogP contribution in [-0.2, 0) is 14.3 Å². The second-order valence-electron chi connectivity index (χ2n) is 5.53. The van der Waals surface area contributed by atoms with E-state index in [1.54, 1.807) is 18.2 Å². The van der Waals surface area contributed by atoms with Crippen molar-refractivity contribution >= 4 is 49.6 Å². The monoisotopic (exact) mass is 480 g/mol. The maximum absolute atomic E-state index is 12.1. The van der Waals surface area contributed by atoms with Gasteiger partial charge in [0.05, 0.1) is 5.56 Å². The molecule has 1 aliphatic heterocycles. The molecule has 1 heterocycles. The minimum absolute atomic E-state index is 0.197. The molecule has 0 spiro atoms. The number of esters is 1. The maximum atomic E-state index is 12.1. The summed E-state index contributed by atoms with van der Waals surface area (Å²) in [5.41, 5.74) is 1.23. The average Bonchev–Trinajstić information content (AvgIpc) is 3.01. The molecule has 0 aliphatic carbocycles. The van der Waals surface area contributed by atoms with Crippen LogP contribution in [0, 0.1) is 0 Å². The fourth-order valence-electron chi connectivity index (χ4n) is 2.47. The molecular formula is C18H14Br2N2O4. The lowest BCUT2D eigenvalue weighted by molar-refractivity contribution is -0.135. The lowest BCUT2D eigenvalue weighted by Gasteiger charge is -2.19. The van der Waals surface area contributed by atoms with E-state index in [4.69, 9.17) is 9.47 Å². The first kappa shape index (κ1) is 18.6. The number of hydrogen-bond acceptors (Lipinski definition) is 5. The number of benzene rings is 2. The molecule has 0 bridgehead atoms. The number of hydrogen-bond donors (Lipinski definition) is 0. The van der Waals surface area contributed by atoms with Crippen LogP contribution in [0.5, 0.6) is 5.75 Å². The van der Waals surface area contributed by atoms with E-state index in [2.05, 4.69) is 37.0 Å². The Kier molecular flexibility index (Phi) is 5.43. The molecule has 0 fully saturated rings. The number of halogens is 2. The van der Waals surface area contributed by atoms with Crippen LogP contribution in [0.1, 0.15) is 31.2 Å². The topological polar surface area (TPSA) is 68.2 Å². The minimum Gasteiger partial charge on any atom is -0.446 e. The molecule has 6 nitrogen and oxygen atoms in total. The Morgan fingerprint density at radius 1 is 1.12 bits per heavy atom. The van der Waals surface area contributed by atoms with Crippen molar-refractivity contribution < 1.29 is 19.1 Å². The van der Waals surface area contributed by atoms with Gasteiger partial charge >= 0.3 is 5.97 Å². The van der Waals surface area contributed by atoms with E-state index in [1.165, 1.54) is 18.9 Å². The Hall–Kier alpha value is -2.19. The van der Waals surface area contributed by atoms with Crippen molar-refractivity contribution in [3.8, 4) is 5.75 Å². The van der Waals surface area contributed by atoms with Crippen molar-refractivity contribution in [3.63, 3.8) is 0 Å². The van der Waals surface area contributed by atoms with E-state index in [9.17, 15) is 9.59 Å². The van der Waals surface area contributed by atoms with Gasteiger partial charge in [0.15, 0.2) is 0 Å². The van der Waals surface area contributed by atoms with E-state index in [0.717, 1.165) is 14.5 Å². The molecule has 0 saturated carbocycles. The van der Waals surface area contributed by atoms with Crippen molar-refractivity contribution in [2.75, 3.05) is 0 Å². The Morgan fingerprint density at radius 2 is 1.85 bits per heavy atom. The third-order valence-corrected chi connectivity index (χ3v) is 4.51. The van der Waals surface area contributed by atoms with Crippen molar-refractivity contribution in [1.29, 1.82) is 0 Å². The van der Waals surface area contributed by atoms with E-state index < -0.39 is 12.2 Å². The summed E-state index contributed by atoms with van der Waals surface area (Å²) in [7, 11) is 0. The fourth-order valence-corrected chi connectivity index (χ4v) is 3.24. The van der Waals surface area contributed by atoms with Gasteiger partial charge < -0.3 is 9.47 Å². The molecule has 1 amide bonds. The molecular weight excluding hydrogens is 468 g/mol. The highest BCUT2D eigenvalue weighted by atomic mass is 79.9. The Morgan fingerprint density at radius 3 is 2.50 bits per heavy atom. The molecule has 0 aromatic heterocycles. The Labute approximate surface area is 167 Å². The minimum atomic E-state index is -0.704. The molecule has 2 aromatic carbocycles. The summed E-state index contributed by atoms with van der Waals surface area (Å²) in [6.45, 7) is 2.73. The van der Waals surface area contributed by atoms with Crippen LogP contribution in [0.3, 0.4) is 0 Å². The highest BCUT2D eigenvalue weighted by Crippen LogP contribution is 2.34. The zero-order chi connectivity index (χ0) is 18.8. The summed E-state index contributed by atoms with van der Waals surface area (Å²) in [4.78, 5) is 23.4. The van der Waals surface area contributed by atoms with Gasteiger partial charge in [0.2, 0.25) is 18.0 Å². The van der Waals surface area contributed by atoms with Gasteiger partial charge in [-0.15, -0.1) is 5.10 Å². The number of carbonyl (C=O) groups is 2. The highest BCUT2D eigenvalue weighted by molar-refractivity contribution is 9.10. The number of nitrogens with zero attached hydrogens (tertiary/aromatic N) is 2. The molecule has 2 aromatic rings. The first-order chi connectivity index (χ1) is 12.3. The van der Waals surface area contributed by atoms with Gasteiger partial charge in [0, 0.05) is 28.4 Å². The van der Waals surface area contributed by atoms with E-state index in [0.29, 0.717) is 11.3 Å². The summed E-state index contributed by atoms with van der Waals surface area (Å²) >= 11 is 6.80. The average molecular weight is 482 g/mol. The quantitative estimate of drug-likeness (QED) is 0.482. The first-order valence-electron chi connectivity index (χ1n) is 7.64. The van der Waals surface area contributed by atoms with Crippen LogP contribution in [0.25, 0.3) is 0 Å². The molecule has 1 atom stereocenters. The maximum Gasteiger partial charge on any atom is 0.308 e. The third-order valence-electron chi connectivity index (χ3n) is 3.53. The molecule has 0 saturated heterocycles. The largest absolute Gasteiger partial charge is 0.446 e. The molecule has 134 valence electrons. The van der Waals surface area contributed by atoms with Gasteiger partial charge in [-0.3, -0.25) is 9.59 Å². The van der Waals surface area contributed by atoms with Crippen LogP contribution in [0.15, 0.2) is 56.5 Å². The number of amides is 1. The van der Waals surface area contributed by atoms with E-state index in [-0.39, 0.29) is 11.8 Å². The molecule has 0 N–H and O–H groups in total. The van der Waals surface area contributed by atoms with Crippen molar-refractivity contribution in [2.24, 2.45) is 5.10 Å². The summed E-state index contributed by atoms with van der Waals surface area (Å²) in [5.74, 6) is -0.228. The summed E-state index contributed by atoms with van der Waals surface area (Å²) in [6.07, 6.45) is -0.704. The number of ether oxygens (including phenoxy) is 2. The SMILES string of the molecule is CC(=O)Oc1ccc(Br)cc1C1=NN(C(C)=O)[C@H](c2cccc(Br)c2)O1. The summed E-state index contributed by atoms with van der Waals surface area (Å²) < 4.78 is 12.8. The summed E-state index contributed by atoms with van der Waals surface area (Å²) in [5, 5.41) is 5.56. The first-order valence-corrected chi connectivity index (χ1v) is 9.22. The Balaban J connectivity index is 2.02. The van der Waals surface area contributed by atoms with Crippen LogP contribution in [-0.4, -0.2) is 22.8 Å². The van der Waals surface area contributed by atoms with Crippen molar-refractivity contribution in [3.05, 3.63) is 62.5 Å². The van der Waals surface area contributed by atoms with Gasteiger partial charge in [-0.2, -0.15) is 5.01 Å². The predicted molar refractivity (Wildman–Crippen MR) is 102 cm³/mol. The lowest BCUT2D eigenvalue weighted by Crippen LogP contribution is -2.25. The van der Waals surface area contributed by atoms with Gasteiger partial charge in [-0.1, -0.05) is 44.0 Å². The molecule has 0 radical (unpaired) electrons. The molecule has 0 unspecified atom stereocenters. The lowest BCUT2D eigenvalue weighted by atomic mass is 10.2. The molecule has 1 aliphatic rings. The van der Waals surface area contributed by atoms with Crippen molar-refractivity contribution in [2.45, 2.75) is 20.1 Å². The molecule has 26 heavy (non-hydrogen) atoms. The van der Waals surface area contributed by atoms with Gasteiger partial charge in [0.1, 0.15) is 5.75 Å². The molecule has 8 heteroatoms. The summed E-state index contributed by atoms with van der Waals surface area (Å²) in [6, 6.07) is 12.5. The zero-order valence-corrected chi connectivity index (χ0v) is 17.1. The number of carbonyl (C=O) groups excluding carboxylic acids is 2. The van der Waals surface area contributed by atoms with Crippen LogP contribution >= 0.6 is 31.9 Å². The normalized spacial score (nSPS) is 16.1. The Bertz CT molecular complexity index is 914. The number of rotatable bonds is 3. The predicted octanol–water partition coefficient (Wildman–Crippen LogP) is 4.38. The van der Waals surface area contributed by atoms with Gasteiger partial charge in [-0.25, -0.2) is 0 Å². The van der Waals surface area contributed by atoms with Gasteiger partial charge in [-0.05, 0) is 30.3 Å². The smallest absolute Gasteiger partial charge is 0.308 e. The third kappa shape index (κ3) is 3.96. The highest BCUT2D eigenvalue weighted by Gasteiger charge is 2.34. The van der Waals surface area contributed by atoms with Crippen molar-refractivity contribution in [1.82, 2.24) is 5.01 Å². The van der Waals surface area contributed by atoms with Crippen LogP contribution in [0.2, 0.25) is 0 Å². The second kappa shape index (κ2) is 7.59. The van der Waals surface area contributed by atoms with Gasteiger partial charge in [0.25, 0.3) is 0 Å². The van der Waals surface area contributed by atoms with Crippen LogP contribution < -0.4 is 4.74 Å².